The van der Waals surface area contributed by atoms with Gasteiger partial charge in [-0.25, -0.2) is 0 Å². The van der Waals surface area contributed by atoms with E-state index in [9.17, 15) is 4.79 Å². The lowest BCUT2D eigenvalue weighted by Gasteiger charge is -2.10. The van der Waals surface area contributed by atoms with Crippen LogP contribution in [-0.4, -0.2) is 13.0 Å². The second-order valence-electron chi connectivity index (χ2n) is 3.92. The Morgan fingerprint density at radius 1 is 1.20 bits per heavy atom. The predicted molar refractivity (Wildman–Crippen MR) is 85.1 cm³/mol. The van der Waals surface area contributed by atoms with Crippen LogP contribution >= 0.6 is 39.1 Å². The fraction of sp³-hybridized carbons (Fsp3) is 0.0714. The first-order valence-electron chi connectivity index (χ1n) is 5.61. The molecular formula is C14H10BrCl2NO2. The van der Waals surface area contributed by atoms with Crippen molar-refractivity contribution in [2.45, 2.75) is 0 Å². The third-order valence-corrected chi connectivity index (χ3v) is 3.85. The molecule has 0 atom stereocenters. The molecule has 0 aliphatic carbocycles. The molecule has 0 aromatic heterocycles. The van der Waals surface area contributed by atoms with Crippen LogP contribution < -0.4 is 10.1 Å². The van der Waals surface area contributed by atoms with Crippen LogP contribution in [-0.2, 0) is 0 Å². The van der Waals surface area contributed by atoms with Gasteiger partial charge in [-0.1, -0.05) is 23.2 Å². The van der Waals surface area contributed by atoms with E-state index in [1.807, 2.05) is 0 Å². The zero-order valence-electron chi connectivity index (χ0n) is 10.4. The van der Waals surface area contributed by atoms with E-state index in [2.05, 4.69) is 21.2 Å². The van der Waals surface area contributed by atoms with E-state index in [1.54, 1.807) is 37.4 Å². The highest BCUT2D eigenvalue weighted by Crippen LogP contribution is 2.28. The molecule has 0 spiro atoms. The third-order valence-electron chi connectivity index (χ3n) is 2.59. The highest BCUT2D eigenvalue weighted by atomic mass is 79.9. The maximum atomic E-state index is 12.2. The predicted octanol–water partition coefficient (Wildman–Crippen LogP) is 5.02. The number of hydrogen-bond acceptors (Lipinski definition) is 2. The Morgan fingerprint density at radius 3 is 2.65 bits per heavy atom. The summed E-state index contributed by atoms with van der Waals surface area (Å²) in [6.45, 7) is 0. The summed E-state index contributed by atoms with van der Waals surface area (Å²) in [7, 11) is 1.56. The smallest absolute Gasteiger partial charge is 0.257 e. The van der Waals surface area contributed by atoms with Crippen molar-refractivity contribution in [3.05, 3.63) is 56.5 Å². The molecular weight excluding hydrogens is 365 g/mol. The summed E-state index contributed by atoms with van der Waals surface area (Å²) in [5, 5.41) is 3.55. The zero-order valence-corrected chi connectivity index (χ0v) is 13.5. The minimum Gasteiger partial charge on any atom is -0.497 e. The standard InChI is InChI=1S/C14H10BrCl2NO2/c1-20-9-3-4-11(15)13(7-9)18-14(19)10-6-8(16)2-5-12(10)17/h2-7H,1H3,(H,18,19). The van der Waals surface area contributed by atoms with Crippen molar-refractivity contribution < 1.29 is 9.53 Å². The van der Waals surface area contributed by atoms with E-state index >= 15 is 0 Å². The molecule has 104 valence electrons. The number of hydrogen-bond donors (Lipinski definition) is 1. The first-order chi connectivity index (χ1) is 9.51. The Kier molecular flexibility index (Phi) is 4.91. The quantitative estimate of drug-likeness (QED) is 0.819. The van der Waals surface area contributed by atoms with Crippen LogP contribution in [0.1, 0.15) is 10.4 Å². The molecule has 1 amide bonds. The first-order valence-corrected chi connectivity index (χ1v) is 7.16. The average molecular weight is 375 g/mol. The zero-order chi connectivity index (χ0) is 14.7. The van der Waals surface area contributed by atoms with Gasteiger partial charge in [0.1, 0.15) is 5.75 Å². The number of halogens is 3. The van der Waals surface area contributed by atoms with Crippen LogP contribution in [0.25, 0.3) is 0 Å². The summed E-state index contributed by atoms with van der Waals surface area (Å²) in [6.07, 6.45) is 0. The molecule has 6 heteroatoms. The monoisotopic (exact) mass is 373 g/mol. The van der Waals surface area contributed by atoms with Gasteiger partial charge in [0, 0.05) is 15.6 Å². The molecule has 0 fully saturated rings. The van der Waals surface area contributed by atoms with Gasteiger partial charge in [-0.2, -0.15) is 0 Å². The second-order valence-corrected chi connectivity index (χ2v) is 5.62. The van der Waals surface area contributed by atoms with Crippen molar-refractivity contribution in [2.24, 2.45) is 0 Å². The van der Waals surface area contributed by atoms with E-state index in [0.717, 1.165) is 4.47 Å². The fourth-order valence-electron chi connectivity index (χ4n) is 1.59. The second kappa shape index (κ2) is 6.48. The Hall–Kier alpha value is -1.23. The van der Waals surface area contributed by atoms with Crippen LogP contribution in [0.15, 0.2) is 40.9 Å². The maximum absolute atomic E-state index is 12.2. The highest BCUT2D eigenvalue weighted by Gasteiger charge is 2.13. The van der Waals surface area contributed by atoms with E-state index in [1.165, 1.54) is 6.07 Å². The van der Waals surface area contributed by atoms with Crippen molar-refractivity contribution in [3.63, 3.8) is 0 Å². The van der Waals surface area contributed by atoms with Crippen LogP contribution in [0.5, 0.6) is 5.75 Å². The molecule has 0 bridgehead atoms. The molecule has 2 rings (SSSR count). The molecule has 0 aliphatic heterocycles. The number of methoxy groups -OCH3 is 1. The lowest BCUT2D eigenvalue weighted by molar-refractivity contribution is 0.102. The van der Waals surface area contributed by atoms with Crippen LogP contribution in [0.3, 0.4) is 0 Å². The van der Waals surface area contributed by atoms with Crippen molar-refractivity contribution in [1.29, 1.82) is 0 Å². The van der Waals surface area contributed by atoms with Gasteiger partial charge in [0.15, 0.2) is 0 Å². The molecule has 2 aromatic carbocycles. The van der Waals surface area contributed by atoms with Gasteiger partial charge in [0.2, 0.25) is 0 Å². The van der Waals surface area contributed by atoms with Gasteiger partial charge in [0.25, 0.3) is 5.91 Å². The van der Waals surface area contributed by atoms with Crippen LogP contribution in [0, 0.1) is 0 Å². The number of nitrogens with one attached hydrogen (secondary N) is 1. The summed E-state index contributed by atoms with van der Waals surface area (Å²) in [4.78, 5) is 12.2. The van der Waals surface area contributed by atoms with E-state index in [-0.39, 0.29) is 5.91 Å². The van der Waals surface area contributed by atoms with Crippen molar-refractivity contribution in [3.8, 4) is 5.75 Å². The number of benzene rings is 2. The van der Waals surface area contributed by atoms with Crippen molar-refractivity contribution in [2.75, 3.05) is 12.4 Å². The normalized spacial score (nSPS) is 10.2. The van der Waals surface area contributed by atoms with Crippen molar-refractivity contribution in [1.82, 2.24) is 0 Å². The Balaban J connectivity index is 2.30. The number of amides is 1. The molecule has 0 unspecified atom stereocenters. The molecule has 0 saturated carbocycles. The largest absolute Gasteiger partial charge is 0.497 e. The first kappa shape index (κ1) is 15.2. The Bertz CT molecular complexity index is 662. The highest BCUT2D eigenvalue weighted by molar-refractivity contribution is 9.10. The molecule has 0 aliphatic rings. The molecule has 2 aromatic rings. The van der Waals surface area contributed by atoms with E-state index in [0.29, 0.717) is 27.0 Å². The van der Waals surface area contributed by atoms with Crippen LogP contribution in [0.4, 0.5) is 5.69 Å². The summed E-state index contributed by atoms with van der Waals surface area (Å²) in [6, 6.07) is 10.0. The summed E-state index contributed by atoms with van der Waals surface area (Å²) < 4.78 is 5.86. The Labute approximate surface area is 135 Å². The summed E-state index contributed by atoms with van der Waals surface area (Å²) >= 11 is 15.2. The minimum absolute atomic E-state index is 0.314. The van der Waals surface area contributed by atoms with Gasteiger partial charge in [-0.15, -0.1) is 0 Å². The number of rotatable bonds is 3. The number of ether oxygens (including phenoxy) is 1. The topological polar surface area (TPSA) is 38.3 Å². The number of carbonyl (C=O) groups is 1. The van der Waals surface area contributed by atoms with Gasteiger partial charge < -0.3 is 10.1 Å². The van der Waals surface area contributed by atoms with Crippen molar-refractivity contribution >= 4 is 50.7 Å². The lowest BCUT2D eigenvalue weighted by Crippen LogP contribution is -2.13. The minimum atomic E-state index is -0.341. The molecule has 0 radical (unpaired) electrons. The van der Waals surface area contributed by atoms with Gasteiger partial charge in [0.05, 0.1) is 23.4 Å². The molecule has 0 saturated heterocycles. The van der Waals surface area contributed by atoms with Gasteiger partial charge >= 0.3 is 0 Å². The lowest BCUT2D eigenvalue weighted by atomic mass is 10.2. The van der Waals surface area contributed by atoms with E-state index < -0.39 is 0 Å². The number of anilines is 1. The number of carbonyl (C=O) groups excluding carboxylic acids is 1. The molecule has 1 N–H and O–H groups in total. The van der Waals surface area contributed by atoms with E-state index in [4.69, 9.17) is 27.9 Å². The van der Waals surface area contributed by atoms with Gasteiger partial charge in [-0.05, 0) is 46.3 Å². The Morgan fingerprint density at radius 2 is 1.95 bits per heavy atom. The summed E-state index contributed by atoms with van der Waals surface area (Å²) in [5.41, 5.74) is 0.902. The average Bonchev–Trinajstić information content (AvgIpc) is 2.43. The maximum Gasteiger partial charge on any atom is 0.257 e. The molecule has 20 heavy (non-hydrogen) atoms. The fourth-order valence-corrected chi connectivity index (χ4v) is 2.31. The van der Waals surface area contributed by atoms with Gasteiger partial charge in [-0.3, -0.25) is 4.79 Å². The molecule has 3 nitrogen and oxygen atoms in total. The van der Waals surface area contributed by atoms with Crippen LogP contribution in [0.2, 0.25) is 10.0 Å². The molecule has 0 heterocycles. The third kappa shape index (κ3) is 3.45. The summed E-state index contributed by atoms with van der Waals surface area (Å²) in [5.74, 6) is 0.298. The SMILES string of the molecule is COc1ccc(Br)c(NC(=O)c2cc(Cl)ccc2Cl)c1.